The van der Waals surface area contributed by atoms with Crippen LogP contribution in [0.5, 0.6) is 0 Å². The van der Waals surface area contributed by atoms with E-state index in [0.717, 1.165) is 32.2 Å². The first-order valence-corrected chi connectivity index (χ1v) is 9.66. The zero-order chi connectivity index (χ0) is 16.8. The summed E-state index contributed by atoms with van der Waals surface area (Å²) in [5, 5.41) is 14.5. The lowest BCUT2D eigenvalue weighted by molar-refractivity contribution is 0.163. The predicted molar refractivity (Wildman–Crippen MR) is 95.8 cm³/mol. The van der Waals surface area contributed by atoms with Crippen LogP contribution in [-0.2, 0) is 6.42 Å². The van der Waals surface area contributed by atoms with Crippen LogP contribution in [0.1, 0.15) is 56.5 Å². The quantitative estimate of drug-likeness (QED) is 0.794. The van der Waals surface area contributed by atoms with Gasteiger partial charge in [-0.25, -0.2) is 4.79 Å². The first-order valence-electron chi connectivity index (χ1n) is 8.78. The van der Waals surface area contributed by atoms with Crippen LogP contribution in [0.25, 0.3) is 0 Å². The van der Waals surface area contributed by atoms with Crippen LogP contribution in [0.3, 0.4) is 0 Å². The largest absolute Gasteiger partial charge is 0.396 e. The number of hydrogen-bond donors (Lipinski definition) is 2. The van der Waals surface area contributed by atoms with E-state index >= 15 is 0 Å². The molecule has 0 bridgehead atoms. The monoisotopic (exact) mass is 338 g/mol. The number of rotatable bonds is 7. The molecule has 1 aromatic heterocycles. The average molecular weight is 339 g/mol. The molecule has 1 aliphatic heterocycles. The van der Waals surface area contributed by atoms with E-state index in [4.69, 9.17) is 0 Å². The SMILES string of the molecule is CCC1c2ccsc2CCN1C(=O)NCC(CCO)CC(C)C. The summed E-state index contributed by atoms with van der Waals surface area (Å²) in [6, 6.07) is 2.41. The third-order valence-corrected chi connectivity index (χ3v) is 5.62. The number of carbonyl (C=O) groups is 1. The summed E-state index contributed by atoms with van der Waals surface area (Å²) < 4.78 is 0. The van der Waals surface area contributed by atoms with Gasteiger partial charge in [-0.15, -0.1) is 11.3 Å². The zero-order valence-corrected chi connectivity index (χ0v) is 15.4. The van der Waals surface area contributed by atoms with Crippen LogP contribution in [0.15, 0.2) is 11.4 Å². The lowest BCUT2D eigenvalue weighted by Crippen LogP contribution is -2.46. The van der Waals surface area contributed by atoms with Gasteiger partial charge in [-0.2, -0.15) is 0 Å². The number of aliphatic hydroxyl groups is 1. The minimum absolute atomic E-state index is 0.0420. The van der Waals surface area contributed by atoms with E-state index in [0.29, 0.717) is 18.4 Å². The van der Waals surface area contributed by atoms with Crippen LogP contribution >= 0.6 is 11.3 Å². The number of thiophene rings is 1. The number of carbonyl (C=O) groups excluding carboxylic acids is 1. The van der Waals surface area contributed by atoms with Gasteiger partial charge >= 0.3 is 6.03 Å². The predicted octanol–water partition coefficient (Wildman–Crippen LogP) is 3.81. The van der Waals surface area contributed by atoms with Gasteiger partial charge in [0.05, 0.1) is 6.04 Å². The van der Waals surface area contributed by atoms with Gasteiger partial charge in [-0.3, -0.25) is 0 Å². The van der Waals surface area contributed by atoms with Crippen molar-refractivity contribution in [3.63, 3.8) is 0 Å². The fourth-order valence-electron chi connectivity index (χ4n) is 3.57. The standard InChI is InChI=1S/C18H30N2O2S/c1-4-16-15-7-10-23-17(15)5-8-20(16)18(22)19-12-14(6-9-21)11-13(2)3/h7,10,13-14,16,21H,4-6,8-9,11-12H2,1-3H3,(H,19,22). The molecule has 0 spiro atoms. The summed E-state index contributed by atoms with van der Waals surface area (Å²) in [4.78, 5) is 16.1. The van der Waals surface area contributed by atoms with Gasteiger partial charge in [-0.1, -0.05) is 20.8 Å². The Morgan fingerprint density at radius 2 is 2.30 bits per heavy atom. The van der Waals surface area contributed by atoms with E-state index in [-0.39, 0.29) is 18.7 Å². The van der Waals surface area contributed by atoms with Crippen molar-refractivity contribution in [2.24, 2.45) is 11.8 Å². The molecule has 0 aromatic carbocycles. The number of nitrogens with one attached hydrogen (secondary N) is 1. The number of aliphatic hydroxyl groups excluding tert-OH is 1. The molecule has 1 aromatic rings. The maximum absolute atomic E-state index is 12.6. The zero-order valence-electron chi connectivity index (χ0n) is 14.5. The van der Waals surface area contributed by atoms with Crippen LogP contribution in [-0.4, -0.2) is 35.7 Å². The molecule has 2 atom stereocenters. The number of hydrogen-bond acceptors (Lipinski definition) is 3. The topological polar surface area (TPSA) is 52.6 Å². The van der Waals surface area contributed by atoms with E-state index in [1.165, 1.54) is 10.4 Å². The van der Waals surface area contributed by atoms with Crippen molar-refractivity contribution in [3.8, 4) is 0 Å². The van der Waals surface area contributed by atoms with E-state index in [9.17, 15) is 9.90 Å². The smallest absolute Gasteiger partial charge is 0.317 e. The maximum atomic E-state index is 12.6. The summed E-state index contributed by atoms with van der Waals surface area (Å²) in [6.07, 6.45) is 3.70. The lowest BCUT2D eigenvalue weighted by Gasteiger charge is -2.35. The van der Waals surface area contributed by atoms with Crippen molar-refractivity contribution in [1.82, 2.24) is 10.2 Å². The average Bonchev–Trinajstić information content (AvgIpc) is 2.99. The number of nitrogens with zero attached hydrogens (tertiary/aromatic N) is 1. The Labute approximate surface area is 143 Å². The number of fused-ring (bicyclic) bond motifs is 1. The summed E-state index contributed by atoms with van der Waals surface area (Å²) in [6.45, 7) is 8.15. The molecule has 2 amide bonds. The Kier molecular flexibility index (Phi) is 6.90. The second kappa shape index (κ2) is 8.69. The second-order valence-corrected chi connectivity index (χ2v) is 7.86. The van der Waals surface area contributed by atoms with Gasteiger partial charge < -0.3 is 15.3 Å². The van der Waals surface area contributed by atoms with E-state index in [2.05, 4.69) is 37.5 Å². The van der Waals surface area contributed by atoms with E-state index in [1.807, 2.05) is 4.90 Å². The molecular formula is C18H30N2O2S. The fraction of sp³-hybridized carbons (Fsp3) is 0.722. The highest BCUT2D eigenvalue weighted by atomic mass is 32.1. The third-order valence-electron chi connectivity index (χ3n) is 4.63. The minimum atomic E-state index is 0.0420. The Morgan fingerprint density at radius 3 is 2.96 bits per heavy atom. The Hall–Kier alpha value is -1.07. The molecule has 2 N–H and O–H groups in total. The van der Waals surface area contributed by atoms with Crippen LogP contribution in [0, 0.1) is 11.8 Å². The Bertz CT molecular complexity index is 501. The molecule has 130 valence electrons. The molecular weight excluding hydrogens is 308 g/mol. The van der Waals surface area contributed by atoms with Crippen molar-refractivity contribution in [2.75, 3.05) is 19.7 Å². The van der Waals surface area contributed by atoms with Gasteiger partial charge in [0.1, 0.15) is 0 Å². The van der Waals surface area contributed by atoms with Gasteiger partial charge in [0.15, 0.2) is 0 Å². The molecule has 1 aliphatic rings. The van der Waals surface area contributed by atoms with E-state index < -0.39 is 0 Å². The van der Waals surface area contributed by atoms with Crippen LogP contribution in [0.2, 0.25) is 0 Å². The second-order valence-electron chi connectivity index (χ2n) is 6.86. The number of urea groups is 1. The number of amides is 2. The van der Waals surface area contributed by atoms with Gasteiger partial charge in [0.2, 0.25) is 0 Å². The molecule has 4 nitrogen and oxygen atoms in total. The molecule has 5 heteroatoms. The minimum Gasteiger partial charge on any atom is -0.396 e. The first-order chi connectivity index (χ1) is 11.1. The summed E-state index contributed by atoms with van der Waals surface area (Å²) in [5.41, 5.74) is 1.33. The summed E-state index contributed by atoms with van der Waals surface area (Å²) in [5.74, 6) is 0.931. The molecule has 2 heterocycles. The van der Waals surface area contributed by atoms with Crippen molar-refractivity contribution >= 4 is 17.4 Å². The highest BCUT2D eigenvalue weighted by Crippen LogP contribution is 2.35. The van der Waals surface area contributed by atoms with Gasteiger partial charge in [-0.05, 0) is 54.5 Å². The normalized spacial score (nSPS) is 18.8. The molecule has 2 rings (SSSR count). The fourth-order valence-corrected chi connectivity index (χ4v) is 4.49. The molecule has 0 saturated carbocycles. The van der Waals surface area contributed by atoms with E-state index in [1.54, 1.807) is 11.3 Å². The van der Waals surface area contributed by atoms with Crippen molar-refractivity contribution in [3.05, 3.63) is 21.9 Å². The molecule has 0 radical (unpaired) electrons. The lowest BCUT2D eigenvalue weighted by atomic mass is 9.94. The van der Waals surface area contributed by atoms with Crippen LogP contribution < -0.4 is 5.32 Å². The molecule has 0 aliphatic carbocycles. The first kappa shape index (κ1) is 18.3. The maximum Gasteiger partial charge on any atom is 0.317 e. The summed E-state index contributed by atoms with van der Waals surface area (Å²) in [7, 11) is 0. The van der Waals surface area contributed by atoms with Crippen molar-refractivity contribution in [1.29, 1.82) is 0 Å². The molecule has 0 fully saturated rings. The third kappa shape index (κ3) is 4.70. The molecule has 2 unspecified atom stereocenters. The molecule has 0 saturated heterocycles. The summed E-state index contributed by atoms with van der Waals surface area (Å²) >= 11 is 1.80. The highest BCUT2D eigenvalue weighted by Gasteiger charge is 2.30. The van der Waals surface area contributed by atoms with Gasteiger partial charge in [0, 0.05) is 24.6 Å². The van der Waals surface area contributed by atoms with Crippen molar-refractivity contribution in [2.45, 2.75) is 52.5 Å². The van der Waals surface area contributed by atoms with Crippen molar-refractivity contribution < 1.29 is 9.90 Å². The molecule has 23 heavy (non-hydrogen) atoms. The van der Waals surface area contributed by atoms with Crippen LogP contribution in [0.4, 0.5) is 4.79 Å². The Morgan fingerprint density at radius 1 is 1.52 bits per heavy atom. The highest BCUT2D eigenvalue weighted by molar-refractivity contribution is 7.10. The van der Waals surface area contributed by atoms with Gasteiger partial charge in [0.25, 0.3) is 0 Å². The Balaban J connectivity index is 1.94.